The first kappa shape index (κ1) is 8.07. The second-order valence-electron chi connectivity index (χ2n) is 2.41. The third-order valence-corrected chi connectivity index (χ3v) is 3.41. The summed E-state index contributed by atoms with van der Waals surface area (Å²) in [5, 5.41) is 0.213. The van der Waals surface area contributed by atoms with Crippen molar-refractivity contribution in [2.75, 3.05) is 0 Å². The van der Waals surface area contributed by atoms with Gasteiger partial charge in [0.25, 0.3) is 0 Å². The Balaban J connectivity index is 2.21. The van der Waals surface area contributed by atoms with Gasteiger partial charge in [-0.3, -0.25) is 4.55 Å². The number of hydrogen-bond acceptors (Lipinski definition) is 3. The molecule has 1 rings (SSSR count). The largest absolute Gasteiger partial charge is 0.282 e. The second-order valence-corrected chi connectivity index (χ2v) is 4.69. The Labute approximate surface area is 62.9 Å². The maximum Gasteiger partial charge on any atom is 0.0657 e. The van der Waals surface area contributed by atoms with Crippen molar-refractivity contribution in [2.24, 2.45) is 0 Å². The van der Waals surface area contributed by atoms with Crippen molar-refractivity contribution in [3.63, 3.8) is 0 Å². The van der Waals surface area contributed by atoms with E-state index < -0.39 is 10.8 Å². The molecule has 2 N–H and O–H groups in total. The molecule has 0 aliphatic carbocycles. The van der Waals surface area contributed by atoms with Gasteiger partial charge in [0.2, 0.25) is 0 Å². The Morgan fingerprint density at radius 1 is 1.90 bits per heavy atom. The highest BCUT2D eigenvalue weighted by Crippen LogP contribution is 2.58. The number of rotatable bonds is 4. The van der Waals surface area contributed by atoms with Gasteiger partial charge in [-0.2, -0.15) is 4.28 Å². The molecule has 0 radical (unpaired) electrons. The van der Waals surface area contributed by atoms with Crippen molar-refractivity contribution in [3.05, 3.63) is 12.7 Å². The van der Waals surface area contributed by atoms with Gasteiger partial charge in [-0.05, 0) is 19.8 Å². The third-order valence-electron chi connectivity index (χ3n) is 1.58. The van der Waals surface area contributed by atoms with Gasteiger partial charge in [-0.1, -0.05) is 21.7 Å². The Kier molecular flexibility index (Phi) is 2.36. The molecular formula is C6H13NO2S. The van der Waals surface area contributed by atoms with Crippen LogP contribution in [0.15, 0.2) is 12.7 Å². The molecule has 0 spiro atoms. The van der Waals surface area contributed by atoms with Gasteiger partial charge in [-0.25, -0.2) is 0 Å². The molecule has 1 fully saturated rings. The van der Waals surface area contributed by atoms with Crippen LogP contribution in [0.1, 0.15) is 19.8 Å². The molecule has 1 aliphatic heterocycles. The molecule has 1 saturated heterocycles. The van der Waals surface area contributed by atoms with Crippen LogP contribution < -0.4 is 4.89 Å². The number of allylic oxidation sites excluding steroid dienone is 1. The van der Waals surface area contributed by atoms with E-state index in [2.05, 4.69) is 11.5 Å². The minimum atomic E-state index is -1.82. The first-order chi connectivity index (χ1) is 4.69. The molecule has 0 amide bonds. The average molecular weight is 163 g/mol. The van der Waals surface area contributed by atoms with Crippen molar-refractivity contribution in [1.82, 2.24) is 4.89 Å². The zero-order chi connectivity index (χ0) is 7.61. The Morgan fingerprint density at radius 2 is 2.50 bits per heavy atom. The molecular weight excluding hydrogens is 150 g/mol. The van der Waals surface area contributed by atoms with E-state index in [0.717, 1.165) is 12.8 Å². The average Bonchev–Trinajstić information content (AvgIpc) is 2.64. The van der Waals surface area contributed by atoms with E-state index in [1.165, 1.54) is 0 Å². The van der Waals surface area contributed by atoms with E-state index >= 15 is 0 Å². The Morgan fingerprint density at radius 3 is 2.90 bits per heavy atom. The molecule has 0 bridgehead atoms. The fourth-order valence-corrected chi connectivity index (χ4v) is 1.77. The molecule has 1 heterocycles. The van der Waals surface area contributed by atoms with Crippen LogP contribution in [0.5, 0.6) is 0 Å². The summed E-state index contributed by atoms with van der Waals surface area (Å²) in [6.07, 6.45) is 3.71. The van der Waals surface area contributed by atoms with Crippen LogP contribution in [0, 0.1) is 0 Å². The van der Waals surface area contributed by atoms with Crippen LogP contribution in [0.2, 0.25) is 0 Å². The normalized spacial score (nSPS) is 39.8. The molecule has 1 aliphatic rings. The summed E-state index contributed by atoms with van der Waals surface area (Å²) in [5.74, 6) is 0. The van der Waals surface area contributed by atoms with Gasteiger partial charge in [0.1, 0.15) is 0 Å². The minimum Gasteiger partial charge on any atom is -0.282 e. The number of nitrogens with one attached hydrogen (secondary N) is 1. The molecule has 0 aromatic rings. The zero-order valence-corrected chi connectivity index (χ0v) is 6.86. The summed E-state index contributed by atoms with van der Waals surface area (Å²) in [4.78, 5) is 2.52. The molecule has 10 heavy (non-hydrogen) atoms. The van der Waals surface area contributed by atoms with E-state index in [0.29, 0.717) is 0 Å². The molecule has 60 valence electrons. The van der Waals surface area contributed by atoms with Crippen LogP contribution in [0.3, 0.4) is 0 Å². The van der Waals surface area contributed by atoms with Crippen molar-refractivity contribution >= 4 is 10.8 Å². The topological polar surface area (TPSA) is 54.7 Å². The lowest BCUT2D eigenvalue weighted by Gasteiger charge is -2.17. The lowest BCUT2D eigenvalue weighted by Crippen LogP contribution is -2.04. The van der Waals surface area contributed by atoms with E-state index in [9.17, 15) is 4.55 Å². The predicted molar refractivity (Wildman–Crippen MR) is 43.3 cm³/mol. The lowest BCUT2D eigenvalue weighted by molar-refractivity contribution is 0.447. The van der Waals surface area contributed by atoms with E-state index in [1.54, 1.807) is 0 Å². The first-order valence-corrected chi connectivity index (χ1v) is 4.87. The summed E-state index contributed by atoms with van der Waals surface area (Å²) in [6.45, 7) is 5.57. The summed E-state index contributed by atoms with van der Waals surface area (Å²) in [5.41, 5.74) is 0. The van der Waals surface area contributed by atoms with Gasteiger partial charge >= 0.3 is 0 Å². The van der Waals surface area contributed by atoms with Crippen LogP contribution in [0.4, 0.5) is 0 Å². The summed E-state index contributed by atoms with van der Waals surface area (Å²) >= 11 is 0. The predicted octanol–water partition coefficient (Wildman–Crippen LogP) is 1.98. The van der Waals surface area contributed by atoms with E-state index in [4.69, 9.17) is 4.28 Å². The van der Waals surface area contributed by atoms with Gasteiger partial charge in [0, 0.05) is 0 Å². The maximum absolute atomic E-state index is 9.34. The minimum absolute atomic E-state index is 0.213. The summed E-state index contributed by atoms with van der Waals surface area (Å²) in [6, 6.07) is 0. The first-order valence-electron chi connectivity index (χ1n) is 3.30. The lowest BCUT2D eigenvalue weighted by atomic mass is 10.2. The standard InChI is InChI=1S/C6H13NO2S/c1-3-4-5-6(2)10(8)7-9-10/h3,6-8H,1,4-5H2,2H3. The van der Waals surface area contributed by atoms with Gasteiger partial charge in [-0.15, -0.1) is 6.58 Å². The van der Waals surface area contributed by atoms with Gasteiger partial charge < -0.3 is 0 Å². The van der Waals surface area contributed by atoms with E-state index in [1.807, 2.05) is 13.0 Å². The van der Waals surface area contributed by atoms with Crippen molar-refractivity contribution in [1.29, 1.82) is 0 Å². The van der Waals surface area contributed by atoms with Crippen molar-refractivity contribution in [3.8, 4) is 0 Å². The van der Waals surface area contributed by atoms with Crippen LogP contribution >= 0.6 is 10.8 Å². The molecule has 0 aromatic carbocycles. The van der Waals surface area contributed by atoms with Crippen LogP contribution in [0.25, 0.3) is 0 Å². The van der Waals surface area contributed by atoms with Crippen molar-refractivity contribution in [2.45, 2.75) is 25.0 Å². The van der Waals surface area contributed by atoms with Crippen LogP contribution in [-0.2, 0) is 4.28 Å². The highest BCUT2D eigenvalue weighted by atomic mass is 32.3. The molecule has 4 heteroatoms. The van der Waals surface area contributed by atoms with Gasteiger partial charge in [0.05, 0.1) is 5.25 Å². The second kappa shape index (κ2) is 2.92. The Hall–Kier alpha value is -0.0300. The molecule has 0 aromatic heterocycles. The molecule has 2 unspecified atom stereocenters. The SMILES string of the molecule is C=CCCC(C)S1(O)NO1. The zero-order valence-electron chi connectivity index (χ0n) is 6.04. The van der Waals surface area contributed by atoms with Crippen LogP contribution in [-0.4, -0.2) is 9.80 Å². The highest BCUT2D eigenvalue weighted by molar-refractivity contribution is 8.28. The fourth-order valence-electron chi connectivity index (χ4n) is 0.711. The smallest absolute Gasteiger partial charge is 0.0657 e. The molecule has 0 saturated carbocycles. The summed E-state index contributed by atoms with van der Waals surface area (Å²) < 4.78 is 14.0. The fraction of sp³-hybridized carbons (Fsp3) is 0.667. The third kappa shape index (κ3) is 1.73. The quantitative estimate of drug-likeness (QED) is 0.492. The van der Waals surface area contributed by atoms with E-state index in [-0.39, 0.29) is 5.25 Å². The number of hydrogen-bond donors (Lipinski definition) is 2. The maximum atomic E-state index is 9.34. The summed E-state index contributed by atoms with van der Waals surface area (Å²) in [7, 11) is -1.82. The Bertz CT molecular complexity index is 136. The van der Waals surface area contributed by atoms with Crippen molar-refractivity contribution < 1.29 is 8.84 Å². The highest BCUT2D eigenvalue weighted by Gasteiger charge is 2.37. The van der Waals surface area contributed by atoms with Gasteiger partial charge in [0.15, 0.2) is 0 Å². The monoisotopic (exact) mass is 163 g/mol. The molecule has 3 nitrogen and oxygen atoms in total. The molecule has 2 atom stereocenters.